The van der Waals surface area contributed by atoms with Gasteiger partial charge in [0.25, 0.3) is 5.69 Å². The molecule has 0 saturated heterocycles. The highest BCUT2D eigenvalue weighted by Crippen LogP contribution is 2.45. The molecule has 3 atom stereocenters. The van der Waals surface area contributed by atoms with Crippen molar-refractivity contribution in [3.05, 3.63) is 63.2 Å². The van der Waals surface area contributed by atoms with Gasteiger partial charge in [0.15, 0.2) is 17.9 Å². The largest absolute Gasteiger partial charge is 0.479 e. The van der Waals surface area contributed by atoms with Crippen LogP contribution in [0.15, 0.2) is 47.5 Å². The maximum atomic E-state index is 11.3. The number of nitrogens with two attached hydrogens (primary N) is 1. The second-order valence-corrected chi connectivity index (χ2v) is 7.54. The first-order chi connectivity index (χ1) is 14.7. The summed E-state index contributed by atoms with van der Waals surface area (Å²) in [7, 11) is 2.82. The van der Waals surface area contributed by atoms with Gasteiger partial charge in [-0.2, -0.15) is 0 Å². The fourth-order valence-electron chi connectivity index (χ4n) is 3.54. The number of benzene rings is 2. The molecule has 0 fully saturated rings. The summed E-state index contributed by atoms with van der Waals surface area (Å²) < 4.78 is 16.6. The normalized spacial score (nSPS) is 23.2. The predicted molar refractivity (Wildman–Crippen MR) is 115 cm³/mol. The first kappa shape index (κ1) is 22.8. The zero-order chi connectivity index (χ0) is 22.8. The Hall–Kier alpha value is -2.92. The van der Waals surface area contributed by atoms with Gasteiger partial charge in [-0.15, -0.1) is 0 Å². The minimum atomic E-state index is -1.38. The highest BCUT2D eigenvalue weighted by Gasteiger charge is 2.52. The molecule has 4 N–H and O–H groups in total. The van der Waals surface area contributed by atoms with Crippen LogP contribution in [0.1, 0.15) is 18.5 Å². The fraction of sp³-hybridized carbons (Fsp3) is 0.350. The summed E-state index contributed by atoms with van der Waals surface area (Å²) in [5.41, 5.74) is 5.43. The summed E-state index contributed by atoms with van der Waals surface area (Å²) in [6.07, 6.45) is -2.27. The van der Waals surface area contributed by atoms with Gasteiger partial charge in [-0.1, -0.05) is 17.7 Å². The number of aliphatic hydroxyl groups is 1. The lowest BCUT2D eigenvalue weighted by atomic mass is 9.84. The number of hydrogen-bond acceptors (Lipinski definition) is 7. The summed E-state index contributed by atoms with van der Waals surface area (Å²) >= 11 is 5.99. The number of methoxy groups -OCH3 is 2. The number of nitrogens with one attached hydrogen (secondary N) is 1. The van der Waals surface area contributed by atoms with Crippen LogP contribution in [-0.4, -0.2) is 48.2 Å². The van der Waals surface area contributed by atoms with Gasteiger partial charge < -0.3 is 30.4 Å². The fourth-order valence-corrected chi connectivity index (χ4v) is 3.73. The van der Waals surface area contributed by atoms with E-state index < -0.39 is 29.0 Å². The molecule has 166 valence electrons. The van der Waals surface area contributed by atoms with E-state index in [1.165, 1.54) is 32.4 Å². The number of ether oxygens (including phenoxy) is 3. The van der Waals surface area contributed by atoms with Crippen LogP contribution in [0.4, 0.5) is 11.4 Å². The summed E-state index contributed by atoms with van der Waals surface area (Å²) in [6, 6.07) is 9.88. The van der Waals surface area contributed by atoms with E-state index in [4.69, 9.17) is 31.5 Å². The van der Waals surface area contributed by atoms with E-state index in [0.717, 1.165) is 0 Å². The second kappa shape index (κ2) is 9.06. The van der Waals surface area contributed by atoms with Crippen molar-refractivity contribution in [3.63, 3.8) is 0 Å². The van der Waals surface area contributed by atoms with Crippen LogP contribution in [0.3, 0.4) is 0 Å². The number of nitrogens with zero attached hydrogens (tertiary/aromatic N) is 2. The topological polar surface area (TPSA) is 141 Å². The molecule has 0 aromatic heterocycles. The van der Waals surface area contributed by atoms with Gasteiger partial charge in [0.2, 0.25) is 0 Å². The Bertz CT molecular complexity index is 999. The number of nitro benzene ring substituents is 1. The molecular formula is C20H23ClN4O6. The van der Waals surface area contributed by atoms with E-state index in [2.05, 4.69) is 10.3 Å². The number of hydrogen-bond donors (Lipinski definition) is 3. The average molecular weight is 451 g/mol. The highest BCUT2D eigenvalue weighted by molar-refractivity contribution is 6.30. The Morgan fingerprint density at radius 3 is 2.68 bits per heavy atom. The minimum absolute atomic E-state index is 0.0283. The lowest BCUT2D eigenvalue weighted by Gasteiger charge is -2.45. The Morgan fingerprint density at radius 2 is 2.06 bits per heavy atom. The second-order valence-electron chi connectivity index (χ2n) is 7.11. The Balaban J connectivity index is 2.06. The average Bonchev–Trinajstić information content (AvgIpc) is 2.72. The Labute approximate surface area is 183 Å². The van der Waals surface area contributed by atoms with E-state index in [-0.39, 0.29) is 11.6 Å². The number of nitro groups is 1. The molecule has 31 heavy (non-hydrogen) atoms. The first-order valence-electron chi connectivity index (χ1n) is 9.26. The SMILES string of the molecule is COC(OC)C1(C)Oc2ccc([N+](=O)[O-])cc2C(N=C(N)Nc2cccc(Cl)c2)C1O. The summed E-state index contributed by atoms with van der Waals surface area (Å²) in [5.74, 6) is 0.265. The van der Waals surface area contributed by atoms with Gasteiger partial charge in [-0.25, -0.2) is 4.99 Å². The number of aliphatic hydroxyl groups excluding tert-OH is 1. The molecule has 1 aliphatic heterocycles. The van der Waals surface area contributed by atoms with Crippen LogP contribution in [0.2, 0.25) is 5.02 Å². The molecule has 0 saturated carbocycles. The van der Waals surface area contributed by atoms with Crippen molar-refractivity contribution in [2.24, 2.45) is 10.7 Å². The molecule has 0 radical (unpaired) electrons. The monoisotopic (exact) mass is 450 g/mol. The number of rotatable bonds is 6. The van der Waals surface area contributed by atoms with Crippen LogP contribution < -0.4 is 15.8 Å². The quantitative estimate of drug-likeness (QED) is 0.200. The lowest BCUT2D eigenvalue weighted by molar-refractivity contribution is -0.385. The first-order valence-corrected chi connectivity index (χ1v) is 9.64. The molecule has 0 aliphatic carbocycles. The molecule has 3 rings (SSSR count). The van der Waals surface area contributed by atoms with E-state index in [0.29, 0.717) is 22.0 Å². The smallest absolute Gasteiger partial charge is 0.270 e. The van der Waals surface area contributed by atoms with E-state index in [1.54, 1.807) is 31.2 Å². The van der Waals surface area contributed by atoms with Gasteiger partial charge in [-0.05, 0) is 31.2 Å². The number of anilines is 1. The van der Waals surface area contributed by atoms with Crippen molar-refractivity contribution in [1.29, 1.82) is 0 Å². The molecule has 0 bridgehead atoms. The zero-order valence-electron chi connectivity index (χ0n) is 17.1. The summed E-state index contributed by atoms with van der Waals surface area (Å²) in [4.78, 5) is 15.1. The standard InChI is InChI=1S/C20H23ClN4O6/c1-20(18(29-2)30-3)17(26)16(14-10-13(25(27)28)7-8-15(14)31-20)24-19(22)23-12-6-4-5-11(21)9-12/h4-10,16-18,26H,1-3H3,(H3,22,23,24). The van der Waals surface area contributed by atoms with Crippen molar-refractivity contribution in [1.82, 2.24) is 0 Å². The molecule has 1 aliphatic rings. The van der Waals surface area contributed by atoms with Gasteiger partial charge in [0, 0.05) is 42.6 Å². The molecule has 2 aromatic carbocycles. The van der Waals surface area contributed by atoms with Crippen molar-refractivity contribution in [2.75, 3.05) is 19.5 Å². The number of aliphatic imine (C=N–C) groups is 1. The van der Waals surface area contributed by atoms with Crippen molar-refractivity contribution >= 4 is 28.9 Å². The molecule has 10 nitrogen and oxygen atoms in total. The van der Waals surface area contributed by atoms with Crippen molar-refractivity contribution in [2.45, 2.75) is 31.0 Å². The van der Waals surface area contributed by atoms with E-state index >= 15 is 0 Å². The van der Waals surface area contributed by atoms with Crippen molar-refractivity contribution < 1.29 is 24.2 Å². The molecular weight excluding hydrogens is 428 g/mol. The van der Waals surface area contributed by atoms with Gasteiger partial charge in [0.05, 0.1) is 4.92 Å². The number of halogens is 1. The number of fused-ring (bicyclic) bond motifs is 1. The predicted octanol–water partition coefficient (Wildman–Crippen LogP) is 2.85. The summed E-state index contributed by atoms with van der Waals surface area (Å²) in [5, 5.41) is 25.9. The van der Waals surface area contributed by atoms with Crippen LogP contribution in [0.5, 0.6) is 5.75 Å². The summed E-state index contributed by atoms with van der Waals surface area (Å²) in [6.45, 7) is 1.60. The number of guanidine groups is 1. The molecule has 0 amide bonds. The van der Waals surface area contributed by atoms with Gasteiger partial charge >= 0.3 is 0 Å². The van der Waals surface area contributed by atoms with Crippen LogP contribution in [0, 0.1) is 10.1 Å². The molecule has 3 unspecified atom stereocenters. The van der Waals surface area contributed by atoms with Crippen LogP contribution >= 0.6 is 11.6 Å². The minimum Gasteiger partial charge on any atom is -0.479 e. The maximum absolute atomic E-state index is 11.3. The van der Waals surface area contributed by atoms with Crippen LogP contribution in [0.25, 0.3) is 0 Å². The van der Waals surface area contributed by atoms with E-state index in [1.807, 2.05) is 0 Å². The molecule has 11 heteroatoms. The molecule has 0 spiro atoms. The third kappa shape index (κ3) is 4.57. The van der Waals surface area contributed by atoms with Gasteiger partial charge in [0.1, 0.15) is 17.9 Å². The third-order valence-corrected chi connectivity index (χ3v) is 5.25. The van der Waals surface area contributed by atoms with E-state index in [9.17, 15) is 15.2 Å². The van der Waals surface area contributed by atoms with Gasteiger partial charge in [-0.3, -0.25) is 10.1 Å². The Kier molecular flexibility index (Phi) is 6.65. The molecule has 2 aromatic rings. The number of non-ortho nitro benzene ring substituents is 1. The Morgan fingerprint density at radius 1 is 1.35 bits per heavy atom. The van der Waals surface area contributed by atoms with Crippen LogP contribution in [-0.2, 0) is 9.47 Å². The lowest BCUT2D eigenvalue weighted by Crippen LogP contribution is -2.59. The highest BCUT2D eigenvalue weighted by atomic mass is 35.5. The third-order valence-electron chi connectivity index (χ3n) is 5.01. The zero-order valence-corrected chi connectivity index (χ0v) is 17.9. The van der Waals surface area contributed by atoms with Crippen molar-refractivity contribution in [3.8, 4) is 5.75 Å². The maximum Gasteiger partial charge on any atom is 0.270 e. The molecule has 1 heterocycles.